The van der Waals surface area contributed by atoms with E-state index in [9.17, 15) is 0 Å². The van der Waals surface area contributed by atoms with Crippen molar-refractivity contribution in [2.24, 2.45) is 4.99 Å². The van der Waals surface area contributed by atoms with Crippen LogP contribution in [0.25, 0.3) is 0 Å². The molecular formula is C16H28IN3O. The normalized spacial score (nSPS) is 12.4. The average molecular weight is 405 g/mol. The quantitative estimate of drug-likeness (QED) is 0.303. The molecule has 1 rings (SSSR count). The zero-order valence-corrected chi connectivity index (χ0v) is 15.6. The van der Waals surface area contributed by atoms with Gasteiger partial charge in [-0.25, -0.2) is 0 Å². The fourth-order valence-electron chi connectivity index (χ4n) is 1.88. The first-order valence-corrected chi connectivity index (χ1v) is 7.34. The van der Waals surface area contributed by atoms with E-state index < -0.39 is 0 Å². The first-order chi connectivity index (χ1) is 9.77. The second-order valence-electron chi connectivity index (χ2n) is 4.80. The van der Waals surface area contributed by atoms with E-state index in [1.165, 1.54) is 5.56 Å². The summed E-state index contributed by atoms with van der Waals surface area (Å²) in [4.78, 5) is 4.64. The van der Waals surface area contributed by atoms with E-state index in [0.29, 0.717) is 5.92 Å². The monoisotopic (exact) mass is 405 g/mol. The third-order valence-electron chi connectivity index (χ3n) is 3.05. The van der Waals surface area contributed by atoms with Crippen LogP contribution in [-0.2, 0) is 4.74 Å². The van der Waals surface area contributed by atoms with Crippen molar-refractivity contribution in [1.29, 1.82) is 0 Å². The maximum atomic E-state index is 5.04. The molecule has 5 heteroatoms. The zero-order valence-electron chi connectivity index (χ0n) is 13.3. The molecule has 0 aromatic heterocycles. The molecule has 120 valence electrons. The van der Waals surface area contributed by atoms with Crippen molar-refractivity contribution < 1.29 is 4.74 Å². The van der Waals surface area contributed by atoms with Gasteiger partial charge in [-0.1, -0.05) is 37.3 Å². The van der Waals surface area contributed by atoms with Crippen molar-refractivity contribution >= 4 is 29.9 Å². The first kappa shape index (κ1) is 20.2. The van der Waals surface area contributed by atoms with Crippen LogP contribution in [0.15, 0.2) is 35.3 Å². The van der Waals surface area contributed by atoms with Gasteiger partial charge in [0.25, 0.3) is 0 Å². The highest BCUT2D eigenvalue weighted by atomic mass is 127. The van der Waals surface area contributed by atoms with Gasteiger partial charge in [-0.2, -0.15) is 0 Å². The van der Waals surface area contributed by atoms with Gasteiger partial charge in [-0.05, 0) is 18.9 Å². The number of rotatable bonds is 8. The molecule has 1 atom stereocenters. The molecule has 2 N–H and O–H groups in total. The van der Waals surface area contributed by atoms with Crippen LogP contribution in [0.4, 0.5) is 0 Å². The molecule has 0 radical (unpaired) electrons. The third kappa shape index (κ3) is 8.93. The second-order valence-corrected chi connectivity index (χ2v) is 4.80. The molecule has 0 aliphatic rings. The molecule has 21 heavy (non-hydrogen) atoms. The number of hydrogen-bond acceptors (Lipinski definition) is 2. The Morgan fingerprint density at radius 2 is 1.95 bits per heavy atom. The summed E-state index contributed by atoms with van der Waals surface area (Å²) in [6, 6.07) is 10.5. The lowest BCUT2D eigenvalue weighted by atomic mass is 10.0. The van der Waals surface area contributed by atoms with E-state index in [2.05, 4.69) is 53.7 Å². The number of nitrogens with zero attached hydrogens (tertiary/aromatic N) is 1. The van der Waals surface area contributed by atoms with E-state index in [1.54, 1.807) is 7.11 Å². The lowest BCUT2D eigenvalue weighted by Crippen LogP contribution is -2.38. The van der Waals surface area contributed by atoms with Crippen molar-refractivity contribution in [2.45, 2.75) is 26.2 Å². The van der Waals surface area contributed by atoms with Gasteiger partial charge in [0, 0.05) is 39.3 Å². The molecule has 0 bridgehead atoms. The van der Waals surface area contributed by atoms with Crippen LogP contribution in [0.2, 0.25) is 0 Å². The Balaban J connectivity index is 0.00000400. The minimum Gasteiger partial charge on any atom is -0.385 e. The third-order valence-corrected chi connectivity index (χ3v) is 3.05. The highest BCUT2D eigenvalue weighted by Crippen LogP contribution is 2.14. The molecule has 4 nitrogen and oxygen atoms in total. The molecule has 1 aromatic rings. The summed E-state index contributed by atoms with van der Waals surface area (Å²) in [6.07, 6.45) is 0.981. The molecule has 0 spiro atoms. The smallest absolute Gasteiger partial charge is 0.191 e. The Bertz CT molecular complexity index is 384. The number of aliphatic imine (C=N–C) groups is 1. The number of benzene rings is 1. The van der Waals surface area contributed by atoms with E-state index in [0.717, 1.165) is 38.6 Å². The highest BCUT2D eigenvalue weighted by Gasteiger charge is 2.04. The number of ether oxygens (including phenoxy) is 1. The molecular weight excluding hydrogens is 377 g/mol. The summed E-state index contributed by atoms with van der Waals surface area (Å²) in [7, 11) is 1.72. The van der Waals surface area contributed by atoms with Gasteiger partial charge < -0.3 is 15.4 Å². The van der Waals surface area contributed by atoms with Crippen LogP contribution in [0.1, 0.15) is 31.7 Å². The van der Waals surface area contributed by atoms with Crippen molar-refractivity contribution in [1.82, 2.24) is 10.6 Å². The summed E-state index contributed by atoms with van der Waals surface area (Å²) < 4.78 is 5.04. The minimum absolute atomic E-state index is 0. The Morgan fingerprint density at radius 1 is 1.24 bits per heavy atom. The topological polar surface area (TPSA) is 45.7 Å². The molecule has 0 heterocycles. The summed E-state index contributed by atoms with van der Waals surface area (Å²) in [5, 5.41) is 6.59. The maximum Gasteiger partial charge on any atom is 0.191 e. The lowest BCUT2D eigenvalue weighted by Gasteiger charge is -2.13. The average Bonchev–Trinajstić information content (AvgIpc) is 2.49. The van der Waals surface area contributed by atoms with E-state index in [1.807, 2.05) is 6.07 Å². The summed E-state index contributed by atoms with van der Waals surface area (Å²) >= 11 is 0. The van der Waals surface area contributed by atoms with Crippen LogP contribution in [-0.4, -0.2) is 39.3 Å². The van der Waals surface area contributed by atoms with Gasteiger partial charge >= 0.3 is 0 Å². The van der Waals surface area contributed by atoms with Crippen LogP contribution in [0, 0.1) is 0 Å². The van der Waals surface area contributed by atoms with Crippen molar-refractivity contribution in [3.05, 3.63) is 35.9 Å². The Hall–Kier alpha value is -0.820. The van der Waals surface area contributed by atoms with E-state index in [4.69, 9.17) is 4.74 Å². The predicted molar refractivity (Wildman–Crippen MR) is 101 cm³/mol. The van der Waals surface area contributed by atoms with Crippen molar-refractivity contribution in [2.75, 3.05) is 33.4 Å². The first-order valence-electron chi connectivity index (χ1n) is 7.34. The largest absolute Gasteiger partial charge is 0.385 e. The summed E-state index contributed by atoms with van der Waals surface area (Å²) in [5.74, 6) is 1.30. The minimum atomic E-state index is 0. The molecule has 0 aliphatic heterocycles. The van der Waals surface area contributed by atoms with Gasteiger partial charge in [0.1, 0.15) is 0 Å². The van der Waals surface area contributed by atoms with E-state index in [-0.39, 0.29) is 24.0 Å². The number of guanidine groups is 1. The van der Waals surface area contributed by atoms with E-state index >= 15 is 0 Å². The molecule has 0 saturated carbocycles. The Kier molecular flexibility index (Phi) is 12.4. The number of methoxy groups -OCH3 is 1. The van der Waals surface area contributed by atoms with Crippen LogP contribution >= 0.6 is 24.0 Å². The molecule has 0 amide bonds. The Labute approximate surface area is 145 Å². The van der Waals surface area contributed by atoms with Crippen LogP contribution in [0.3, 0.4) is 0 Å². The van der Waals surface area contributed by atoms with Gasteiger partial charge in [-0.15, -0.1) is 24.0 Å². The van der Waals surface area contributed by atoms with Crippen molar-refractivity contribution in [3.63, 3.8) is 0 Å². The Morgan fingerprint density at radius 3 is 2.57 bits per heavy atom. The fraction of sp³-hybridized carbons (Fsp3) is 0.562. The molecule has 1 aromatic carbocycles. The second kappa shape index (κ2) is 12.9. The SMILES string of the molecule is CCNC(=NCC(C)c1ccccc1)NCCCOC.I. The van der Waals surface area contributed by atoms with Crippen molar-refractivity contribution in [3.8, 4) is 0 Å². The van der Waals surface area contributed by atoms with Gasteiger partial charge in [0.05, 0.1) is 0 Å². The number of nitrogens with one attached hydrogen (secondary N) is 2. The molecule has 0 fully saturated rings. The maximum absolute atomic E-state index is 5.04. The molecule has 0 aliphatic carbocycles. The lowest BCUT2D eigenvalue weighted by molar-refractivity contribution is 0.195. The van der Waals surface area contributed by atoms with Gasteiger partial charge in [-0.3, -0.25) is 4.99 Å². The van der Waals surface area contributed by atoms with Gasteiger partial charge in [0.2, 0.25) is 0 Å². The summed E-state index contributed by atoms with van der Waals surface area (Å²) in [6.45, 7) is 7.58. The zero-order chi connectivity index (χ0) is 14.6. The molecule has 1 unspecified atom stereocenters. The number of halogens is 1. The predicted octanol–water partition coefficient (Wildman–Crippen LogP) is 3.00. The van der Waals surface area contributed by atoms with Crippen LogP contribution < -0.4 is 10.6 Å². The number of hydrogen-bond donors (Lipinski definition) is 2. The fourth-order valence-corrected chi connectivity index (χ4v) is 1.88. The summed E-state index contributed by atoms with van der Waals surface area (Å²) in [5.41, 5.74) is 1.33. The van der Waals surface area contributed by atoms with Gasteiger partial charge in [0.15, 0.2) is 5.96 Å². The molecule has 0 saturated heterocycles. The van der Waals surface area contributed by atoms with Crippen LogP contribution in [0.5, 0.6) is 0 Å². The standard InChI is InChI=1S/C16H27N3O.HI/c1-4-17-16(18-11-8-12-20-3)19-13-14(2)15-9-6-5-7-10-15;/h5-7,9-10,14H,4,8,11-13H2,1-3H3,(H2,17,18,19);1H. The highest BCUT2D eigenvalue weighted by molar-refractivity contribution is 14.0.